The zero-order valence-corrected chi connectivity index (χ0v) is 10.2. The monoisotopic (exact) mass is 223 g/mol. The Morgan fingerprint density at radius 1 is 1.38 bits per heavy atom. The van der Waals surface area contributed by atoms with Gasteiger partial charge in [0, 0.05) is 38.3 Å². The van der Waals surface area contributed by atoms with Gasteiger partial charge in [-0.15, -0.1) is 0 Å². The molecule has 0 spiro atoms. The number of imidazole rings is 1. The third-order valence-corrected chi connectivity index (χ3v) is 2.47. The van der Waals surface area contributed by atoms with E-state index >= 15 is 0 Å². The first-order chi connectivity index (χ1) is 7.77. The predicted molar refractivity (Wildman–Crippen MR) is 64.1 cm³/mol. The number of hydrogen-bond acceptors (Lipinski definition) is 2. The lowest BCUT2D eigenvalue weighted by molar-refractivity contribution is -0.131. The number of nitrogens with zero attached hydrogens (tertiary/aromatic N) is 2. The molecule has 16 heavy (non-hydrogen) atoms. The fourth-order valence-electron chi connectivity index (χ4n) is 1.72. The van der Waals surface area contributed by atoms with Crippen molar-refractivity contribution >= 4 is 5.91 Å². The van der Waals surface area contributed by atoms with Crippen LogP contribution >= 0.6 is 0 Å². The molecule has 0 aliphatic heterocycles. The van der Waals surface area contributed by atoms with Gasteiger partial charge in [-0.05, 0) is 12.8 Å². The van der Waals surface area contributed by atoms with E-state index in [2.05, 4.69) is 23.8 Å². The molecule has 0 radical (unpaired) electrons. The van der Waals surface area contributed by atoms with Crippen molar-refractivity contribution in [1.82, 2.24) is 14.9 Å². The molecule has 0 atom stereocenters. The maximum atomic E-state index is 11.9. The van der Waals surface area contributed by atoms with Crippen LogP contribution in [-0.4, -0.2) is 33.9 Å². The Morgan fingerprint density at radius 2 is 2.06 bits per heavy atom. The molecule has 0 fully saturated rings. The summed E-state index contributed by atoms with van der Waals surface area (Å²) in [6.45, 7) is 5.93. The molecular weight excluding hydrogens is 202 g/mol. The van der Waals surface area contributed by atoms with Crippen molar-refractivity contribution in [2.75, 3.05) is 13.1 Å². The zero-order chi connectivity index (χ0) is 11.8. The molecule has 1 aromatic rings. The highest BCUT2D eigenvalue weighted by Crippen LogP contribution is 2.02. The van der Waals surface area contributed by atoms with Gasteiger partial charge in [0.2, 0.25) is 5.91 Å². The highest BCUT2D eigenvalue weighted by molar-refractivity contribution is 5.76. The molecular formula is C12H21N3O. The Morgan fingerprint density at radius 3 is 2.56 bits per heavy atom. The van der Waals surface area contributed by atoms with Crippen LogP contribution in [0.3, 0.4) is 0 Å². The first kappa shape index (κ1) is 12.7. The Balaban J connectivity index is 2.36. The maximum absolute atomic E-state index is 11.9. The summed E-state index contributed by atoms with van der Waals surface area (Å²) in [5.74, 6) is 1.13. The second kappa shape index (κ2) is 7.04. The van der Waals surface area contributed by atoms with Crippen molar-refractivity contribution in [3.8, 4) is 0 Å². The lowest BCUT2D eigenvalue weighted by Gasteiger charge is -2.21. The van der Waals surface area contributed by atoms with E-state index in [0.29, 0.717) is 12.8 Å². The Bertz CT molecular complexity index is 289. The van der Waals surface area contributed by atoms with E-state index in [-0.39, 0.29) is 5.91 Å². The highest BCUT2D eigenvalue weighted by Gasteiger charge is 2.11. The molecule has 1 rings (SSSR count). The first-order valence-electron chi connectivity index (χ1n) is 6.04. The maximum Gasteiger partial charge on any atom is 0.223 e. The van der Waals surface area contributed by atoms with Crippen LogP contribution in [0.4, 0.5) is 0 Å². The van der Waals surface area contributed by atoms with Gasteiger partial charge in [-0.25, -0.2) is 4.98 Å². The number of carbonyl (C=O) groups excluding carboxylic acids is 1. The van der Waals surface area contributed by atoms with Crippen molar-refractivity contribution in [1.29, 1.82) is 0 Å². The van der Waals surface area contributed by atoms with Crippen LogP contribution in [0.2, 0.25) is 0 Å². The second-order valence-electron chi connectivity index (χ2n) is 3.92. The molecule has 1 heterocycles. The number of H-pyrrole nitrogens is 1. The molecule has 4 heteroatoms. The van der Waals surface area contributed by atoms with E-state index in [1.54, 1.807) is 12.4 Å². The largest absolute Gasteiger partial charge is 0.349 e. The molecule has 0 bridgehead atoms. The van der Waals surface area contributed by atoms with Gasteiger partial charge in [0.25, 0.3) is 0 Å². The SMILES string of the molecule is CCCN(CCC)C(=O)CCc1ncc[nH]1. The van der Waals surface area contributed by atoms with Crippen molar-refractivity contribution in [3.05, 3.63) is 18.2 Å². The van der Waals surface area contributed by atoms with Gasteiger partial charge in [-0.1, -0.05) is 13.8 Å². The first-order valence-corrected chi connectivity index (χ1v) is 6.04. The van der Waals surface area contributed by atoms with E-state index in [4.69, 9.17) is 0 Å². The van der Waals surface area contributed by atoms with Gasteiger partial charge in [0.1, 0.15) is 5.82 Å². The van der Waals surface area contributed by atoms with E-state index < -0.39 is 0 Å². The van der Waals surface area contributed by atoms with Crippen LogP contribution in [0.25, 0.3) is 0 Å². The lowest BCUT2D eigenvalue weighted by Crippen LogP contribution is -2.32. The fraction of sp³-hybridized carbons (Fsp3) is 0.667. The molecule has 0 unspecified atom stereocenters. The fourth-order valence-corrected chi connectivity index (χ4v) is 1.72. The van der Waals surface area contributed by atoms with Crippen LogP contribution in [0.1, 0.15) is 38.9 Å². The van der Waals surface area contributed by atoms with E-state index in [1.807, 2.05) is 4.90 Å². The number of carbonyl (C=O) groups is 1. The molecule has 1 N–H and O–H groups in total. The van der Waals surface area contributed by atoms with Gasteiger partial charge >= 0.3 is 0 Å². The standard InChI is InChI=1S/C12H21N3O/c1-3-9-15(10-4-2)12(16)6-5-11-13-7-8-14-11/h7-8H,3-6,9-10H2,1-2H3,(H,13,14). The number of aromatic amines is 1. The molecule has 1 amide bonds. The molecule has 0 aliphatic carbocycles. The minimum atomic E-state index is 0.236. The smallest absolute Gasteiger partial charge is 0.223 e. The average molecular weight is 223 g/mol. The van der Waals surface area contributed by atoms with Gasteiger partial charge in [0.05, 0.1) is 0 Å². The van der Waals surface area contributed by atoms with Crippen molar-refractivity contribution in [2.45, 2.75) is 39.5 Å². The summed E-state index contributed by atoms with van der Waals surface area (Å²) in [7, 11) is 0. The second-order valence-corrected chi connectivity index (χ2v) is 3.92. The Labute approximate surface area is 97.1 Å². The molecule has 0 saturated heterocycles. The molecule has 0 saturated carbocycles. The van der Waals surface area contributed by atoms with Gasteiger partial charge < -0.3 is 9.88 Å². The summed E-state index contributed by atoms with van der Waals surface area (Å²) < 4.78 is 0. The van der Waals surface area contributed by atoms with Crippen LogP contribution in [-0.2, 0) is 11.2 Å². The van der Waals surface area contributed by atoms with Gasteiger partial charge in [-0.2, -0.15) is 0 Å². The number of hydrogen-bond donors (Lipinski definition) is 1. The quantitative estimate of drug-likeness (QED) is 0.768. The summed E-state index contributed by atoms with van der Waals surface area (Å²) in [5, 5.41) is 0. The van der Waals surface area contributed by atoms with Crippen LogP contribution < -0.4 is 0 Å². The highest BCUT2D eigenvalue weighted by atomic mass is 16.2. The number of aromatic nitrogens is 2. The predicted octanol–water partition coefficient (Wildman–Crippen LogP) is 1.99. The third kappa shape index (κ3) is 4.04. The molecule has 4 nitrogen and oxygen atoms in total. The van der Waals surface area contributed by atoms with Crippen molar-refractivity contribution in [3.63, 3.8) is 0 Å². The zero-order valence-electron chi connectivity index (χ0n) is 10.2. The number of rotatable bonds is 7. The third-order valence-electron chi connectivity index (χ3n) is 2.47. The van der Waals surface area contributed by atoms with Crippen LogP contribution in [0, 0.1) is 0 Å². The normalized spacial score (nSPS) is 10.4. The van der Waals surface area contributed by atoms with Crippen molar-refractivity contribution < 1.29 is 4.79 Å². The molecule has 0 aromatic carbocycles. The van der Waals surface area contributed by atoms with E-state index in [9.17, 15) is 4.79 Å². The number of amides is 1. The summed E-state index contributed by atoms with van der Waals surface area (Å²) in [4.78, 5) is 21.0. The van der Waals surface area contributed by atoms with Crippen molar-refractivity contribution in [2.24, 2.45) is 0 Å². The Kier molecular flexibility index (Phi) is 5.61. The molecule has 0 aliphatic rings. The van der Waals surface area contributed by atoms with E-state index in [0.717, 1.165) is 31.8 Å². The lowest BCUT2D eigenvalue weighted by atomic mass is 10.2. The molecule has 90 valence electrons. The summed E-state index contributed by atoms with van der Waals surface area (Å²) in [6.07, 6.45) is 6.80. The van der Waals surface area contributed by atoms with E-state index in [1.165, 1.54) is 0 Å². The van der Waals surface area contributed by atoms with Gasteiger partial charge in [0.15, 0.2) is 0 Å². The minimum absolute atomic E-state index is 0.236. The summed E-state index contributed by atoms with van der Waals surface area (Å²) in [5.41, 5.74) is 0. The summed E-state index contributed by atoms with van der Waals surface area (Å²) in [6, 6.07) is 0. The minimum Gasteiger partial charge on any atom is -0.349 e. The number of nitrogens with one attached hydrogen (secondary N) is 1. The topological polar surface area (TPSA) is 49.0 Å². The summed E-state index contributed by atoms with van der Waals surface area (Å²) >= 11 is 0. The van der Waals surface area contributed by atoms with Crippen LogP contribution in [0.5, 0.6) is 0 Å². The number of aryl methyl sites for hydroxylation is 1. The Hall–Kier alpha value is -1.32. The van der Waals surface area contributed by atoms with Crippen LogP contribution in [0.15, 0.2) is 12.4 Å². The molecule has 1 aromatic heterocycles. The van der Waals surface area contributed by atoms with Gasteiger partial charge in [-0.3, -0.25) is 4.79 Å². The average Bonchev–Trinajstić information content (AvgIpc) is 2.78.